The molecule has 1 aliphatic heterocycles. The van der Waals surface area contributed by atoms with E-state index in [2.05, 4.69) is 30.7 Å². The van der Waals surface area contributed by atoms with Gasteiger partial charge in [-0.1, -0.05) is 6.07 Å². The van der Waals surface area contributed by atoms with Crippen LogP contribution < -0.4 is 16.4 Å². The monoisotopic (exact) mass is 614 g/mol. The van der Waals surface area contributed by atoms with Crippen molar-refractivity contribution in [3.8, 4) is 11.4 Å². The largest absolute Gasteiger partial charge is 0.382 e. The van der Waals surface area contributed by atoms with E-state index in [1.807, 2.05) is 0 Å². The third-order valence-electron chi connectivity index (χ3n) is 8.02. The molecule has 3 aromatic rings. The van der Waals surface area contributed by atoms with E-state index in [1.54, 1.807) is 30.5 Å². The van der Waals surface area contributed by atoms with E-state index in [1.165, 1.54) is 38.6 Å². The Morgan fingerprint density at radius 1 is 1.09 bits per heavy atom. The molecule has 3 aromatic heterocycles. The van der Waals surface area contributed by atoms with E-state index in [0.717, 1.165) is 4.09 Å². The zero-order chi connectivity index (χ0) is 30.6. The van der Waals surface area contributed by atoms with Crippen LogP contribution in [0.1, 0.15) is 69.3 Å². The fourth-order valence-corrected chi connectivity index (χ4v) is 6.69. The van der Waals surface area contributed by atoms with Crippen molar-refractivity contribution in [3.63, 3.8) is 0 Å². The molecule has 0 saturated heterocycles. The first kappa shape index (κ1) is 29.3. The van der Waals surface area contributed by atoms with Crippen LogP contribution in [0.25, 0.3) is 17.0 Å². The number of hydrogen-bond acceptors (Lipinski definition) is 9. The molecular formula is C29H33F3N8O2S. The maximum atomic E-state index is 14.5. The lowest BCUT2D eigenvalue weighted by Crippen LogP contribution is -2.50. The smallest absolute Gasteiger partial charge is 0.256 e. The highest BCUT2D eigenvalue weighted by molar-refractivity contribution is 7.90. The Hall–Kier alpha value is -3.78. The summed E-state index contributed by atoms with van der Waals surface area (Å²) in [6.45, 7) is 2.90. The van der Waals surface area contributed by atoms with Crippen molar-refractivity contribution in [2.75, 3.05) is 0 Å². The van der Waals surface area contributed by atoms with Crippen LogP contribution in [-0.2, 0) is 21.4 Å². The van der Waals surface area contributed by atoms with E-state index in [4.69, 9.17) is 5.73 Å². The van der Waals surface area contributed by atoms with Crippen LogP contribution in [0.2, 0.25) is 0 Å². The van der Waals surface area contributed by atoms with Gasteiger partial charge >= 0.3 is 0 Å². The third-order valence-corrected chi connectivity index (χ3v) is 10.1. The maximum Gasteiger partial charge on any atom is 0.256 e. The zero-order valence-corrected chi connectivity index (χ0v) is 24.6. The van der Waals surface area contributed by atoms with Crippen LogP contribution in [0.5, 0.6) is 0 Å². The second-order valence-corrected chi connectivity index (χ2v) is 14.0. The van der Waals surface area contributed by atoms with Crippen LogP contribution in [0, 0.1) is 0 Å². The van der Waals surface area contributed by atoms with Gasteiger partial charge in [-0.3, -0.25) is 4.98 Å². The number of dihydropyridines is 1. The van der Waals surface area contributed by atoms with Gasteiger partial charge in [-0.2, -0.15) is 9.19 Å². The lowest BCUT2D eigenvalue weighted by molar-refractivity contribution is -0.0396. The van der Waals surface area contributed by atoms with Crippen LogP contribution in [-0.4, -0.2) is 49.8 Å². The Kier molecular flexibility index (Phi) is 7.11. The topological polar surface area (TPSA) is 141 Å². The summed E-state index contributed by atoms with van der Waals surface area (Å²) < 4.78 is 68.4. The van der Waals surface area contributed by atoms with Crippen molar-refractivity contribution in [2.45, 2.75) is 80.9 Å². The summed E-state index contributed by atoms with van der Waals surface area (Å²) >= 11 is 0. The highest BCUT2D eigenvalue weighted by atomic mass is 32.2. The number of halogens is 3. The number of nitrogens with two attached hydrogens (primary N) is 1. The third kappa shape index (κ3) is 6.03. The Bertz CT molecular complexity index is 1680. The van der Waals surface area contributed by atoms with Crippen molar-refractivity contribution in [1.29, 1.82) is 0 Å². The zero-order valence-electron chi connectivity index (χ0n) is 23.8. The molecule has 4 heterocycles. The fourth-order valence-electron chi connectivity index (χ4n) is 5.21. The van der Waals surface area contributed by atoms with Gasteiger partial charge in [-0.25, -0.2) is 31.6 Å². The number of nitrogens with zero attached hydrogens (tertiary/aromatic N) is 5. The quantitative estimate of drug-likeness (QED) is 0.342. The summed E-state index contributed by atoms with van der Waals surface area (Å²) in [6, 6.07) is 4.77. The number of pyridine rings is 1. The van der Waals surface area contributed by atoms with Crippen LogP contribution in [0.4, 0.5) is 13.2 Å². The first-order chi connectivity index (χ1) is 20.2. The first-order valence-electron chi connectivity index (χ1n) is 14.2. The molecule has 228 valence electrons. The van der Waals surface area contributed by atoms with E-state index in [9.17, 15) is 21.6 Å². The molecule has 2 aliphatic carbocycles. The molecule has 4 N–H and O–H groups in total. The van der Waals surface area contributed by atoms with Gasteiger partial charge in [0.05, 0.1) is 34.6 Å². The van der Waals surface area contributed by atoms with E-state index in [-0.39, 0.29) is 37.5 Å². The molecule has 10 nitrogen and oxygen atoms in total. The minimum Gasteiger partial charge on any atom is -0.382 e. The van der Waals surface area contributed by atoms with Gasteiger partial charge < -0.3 is 16.4 Å². The van der Waals surface area contributed by atoms with Gasteiger partial charge in [-0.05, 0) is 57.7 Å². The van der Waals surface area contributed by atoms with E-state index >= 15 is 0 Å². The highest BCUT2D eigenvalue weighted by Crippen LogP contribution is 2.36. The van der Waals surface area contributed by atoms with Crippen LogP contribution in [0.3, 0.4) is 0 Å². The van der Waals surface area contributed by atoms with Crippen molar-refractivity contribution < 1.29 is 21.6 Å². The second-order valence-electron chi connectivity index (χ2n) is 11.9. The molecule has 43 heavy (non-hydrogen) atoms. The molecule has 0 aromatic carbocycles. The standard InChI is InChI=1S/C29H33F3N8O2S/c1-27(2,30)19-3-6-23(35-15-19)22-16-36-29(33,13-24(22)38-20-7-10-28(31,32)11-8-20)25-9-12-34-26(39-25)18-14-37-40(17-18)43(41,42)21-4-5-21/h3,6,9,12-17,20-21,36,38H,4-5,7-8,10-11,33H2,1-2H3. The second kappa shape index (κ2) is 10.4. The minimum absolute atomic E-state index is 0.221. The molecule has 1 unspecified atom stereocenters. The number of rotatable bonds is 8. The van der Waals surface area contributed by atoms with Gasteiger partial charge in [0.1, 0.15) is 5.67 Å². The molecule has 0 spiro atoms. The summed E-state index contributed by atoms with van der Waals surface area (Å²) in [5.41, 5.74) is 6.87. The minimum atomic E-state index is -3.55. The molecular weight excluding hydrogens is 581 g/mol. The Morgan fingerprint density at radius 2 is 1.84 bits per heavy atom. The van der Waals surface area contributed by atoms with Gasteiger partial charge in [-0.15, -0.1) is 0 Å². The Balaban J connectivity index is 1.32. The van der Waals surface area contributed by atoms with Crippen molar-refractivity contribution >= 4 is 15.6 Å². The molecule has 0 amide bonds. The van der Waals surface area contributed by atoms with Gasteiger partial charge in [0.2, 0.25) is 5.92 Å². The number of aromatic nitrogens is 5. The van der Waals surface area contributed by atoms with Crippen molar-refractivity contribution in [1.82, 2.24) is 34.8 Å². The number of nitrogens with one attached hydrogen (secondary N) is 2. The molecule has 2 saturated carbocycles. The van der Waals surface area contributed by atoms with Crippen LogP contribution in [0.15, 0.2) is 61.0 Å². The first-order valence-corrected chi connectivity index (χ1v) is 15.7. The SMILES string of the molecule is CC(C)(F)c1ccc(C2=CNC(N)(c3ccnc(-c4cnn(S(=O)(=O)C5CC5)c4)n3)C=C2NC2CCC(F)(F)CC2)nc1. The highest BCUT2D eigenvalue weighted by Gasteiger charge is 2.39. The average Bonchev–Trinajstić information content (AvgIpc) is 3.71. The molecule has 3 aliphatic rings. The molecule has 0 bridgehead atoms. The Labute approximate surface area is 247 Å². The fraction of sp³-hybridized carbons (Fsp3) is 0.448. The molecule has 1 atom stereocenters. The predicted molar refractivity (Wildman–Crippen MR) is 154 cm³/mol. The summed E-state index contributed by atoms with van der Waals surface area (Å²) in [6.07, 6.45) is 10.5. The number of hydrogen-bond donors (Lipinski definition) is 3. The average molecular weight is 615 g/mol. The summed E-state index contributed by atoms with van der Waals surface area (Å²) in [4.78, 5) is 13.4. The normalized spacial score (nSPS) is 22.8. The summed E-state index contributed by atoms with van der Waals surface area (Å²) in [7, 11) is -3.55. The molecule has 6 rings (SSSR count). The molecule has 0 radical (unpaired) electrons. The summed E-state index contributed by atoms with van der Waals surface area (Å²) in [5, 5.41) is 10.2. The number of allylic oxidation sites excluding steroid dienone is 1. The number of alkyl halides is 3. The van der Waals surface area contributed by atoms with E-state index in [0.29, 0.717) is 46.6 Å². The molecule has 2 fully saturated rings. The van der Waals surface area contributed by atoms with Gasteiger partial charge in [0, 0.05) is 54.3 Å². The van der Waals surface area contributed by atoms with Crippen molar-refractivity contribution in [2.24, 2.45) is 5.73 Å². The van der Waals surface area contributed by atoms with Crippen LogP contribution >= 0.6 is 0 Å². The van der Waals surface area contributed by atoms with E-state index < -0.39 is 32.5 Å². The molecule has 14 heteroatoms. The van der Waals surface area contributed by atoms with Crippen molar-refractivity contribution in [3.05, 3.63) is 77.9 Å². The predicted octanol–water partition coefficient (Wildman–Crippen LogP) is 4.09. The lowest BCUT2D eigenvalue weighted by Gasteiger charge is -2.35. The summed E-state index contributed by atoms with van der Waals surface area (Å²) in [5.74, 6) is -2.45. The lowest BCUT2D eigenvalue weighted by atomic mass is 9.90. The van der Waals surface area contributed by atoms with Gasteiger partial charge in [0.25, 0.3) is 10.0 Å². The maximum absolute atomic E-state index is 14.5. The Morgan fingerprint density at radius 3 is 2.49 bits per heavy atom. The van der Waals surface area contributed by atoms with Gasteiger partial charge in [0.15, 0.2) is 11.5 Å².